The summed E-state index contributed by atoms with van der Waals surface area (Å²) in [4.78, 5) is 7.29. The lowest BCUT2D eigenvalue weighted by Crippen LogP contribution is -2.29. The zero-order valence-corrected chi connectivity index (χ0v) is 25.2. The third kappa shape index (κ3) is 8.37. The normalized spacial score (nSPS) is 21.7. The predicted octanol–water partition coefficient (Wildman–Crippen LogP) is 11.0. The minimum Gasteiger partial charge on any atom is -0.247 e. The van der Waals surface area contributed by atoms with Gasteiger partial charge in [0.05, 0.1) is 15.3 Å². The van der Waals surface area contributed by atoms with Gasteiger partial charge < -0.3 is 0 Å². The number of hydrogen-bond acceptors (Lipinski definition) is 4. The maximum Gasteiger partial charge on any atom is 0.123 e. The van der Waals surface area contributed by atoms with Gasteiger partial charge in [0.15, 0.2) is 0 Å². The number of halogens is 2. The number of rotatable bonds is 8. The van der Waals surface area contributed by atoms with Gasteiger partial charge in [-0.05, 0) is 117 Å². The first-order chi connectivity index (χ1) is 18.9. The zero-order chi connectivity index (χ0) is 27.2. The van der Waals surface area contributed by atoms with Crippen LogP contribution < -0.4 is 0 Å². The number of aryl methyl sites for hydroxylation is 2. The van der Waals surface area contributed by atoms with Crippen molar-refractivity contribution in [3.05, 3.63) is 89.5 Å². The fourth-order valence-electron chi connectivity index (χ4n) is 5.77. The van der Waals surface area contributed by atoms with E-state index in [2.05, 4.69) is 32.0 Å². The summed E-state index contributed by atoms with van der Waals surface area (Å²) in [5.41, 5.74) is 3.53. The van der Waals surface area contributed by atoms with E-state index in [1.54, 1.807) is 23.5 Å². The molecule has 0 radical (unpaired) electrons. The van der Waals surface area contributed by atoms with Crippen LogP contribution in [0, 0.1) is 37.3 Å². The number of hydrogen-bond donors (Lipinski definition) is 0. The lowest BCUT2D eigenvalue weighted by Gasteiger charge is -2.39. The van der Waals surface area contributed by atoms with E-state index in [1.165, 1.54) is 80.3 Å². The van der Waals surface area contributed by atoms with Gasteiger partial charge in [0, 0.05) is 21.5 Å². The maximum absolute atomic E-state index is 13.6. The molecule has 0 saturated heterocycles. The van der Waals surface area contributed by atoms with E-state index in [0.717, 1.165) is 38.8 Å². The number of nitrogens with zero attached hydrogens (tertiary/aromatic N) is 1. The lowest BCUT2D eigenvalue weighted by molar-refractivity contribution is 0.175. The lowest BCUT2D eigenvalue weighted by atomic mass is 9.71. The average molecular weight is 582 g/mol. The molecule has 0 aliphatic heterocycles. The predicted molar refractivity (Wildman–Crippen MR) is 167 cm³/mol. The number of aliphatic imine (C=N–C) groups is 1. The summed E-state index contributed by atoms with van der Waals surface area (Å²) in [5.74, 6) is 1.33. The van der Waals surface area contributed by atoms with Crippen molar-refractivity contribution >= 4 is 46.0 Å². The molecular weight excluding hydrogens is 545 g/mol. The Bertz CT molecular complexity index is 1210. The molecule has 6 heteroatoms. The summed E-state index contributed by atoms with van der Waals surface area (Å²) < 4.78 is 27.4. The molecule has 3 unspecified atom stereocenters. The van der Waals surface area contributed by atoms with Crippen LogP contribution in [0.15, 0.2) is 81.5 Å². The highest BCUT2D eigenvalue weighted by atomic mass is 32.2. The summed E-state index contributed by atoms with van der Waals surface area (Å²) in [6.07, 6.45) is 10.3. The minimum atomic E-state index is -0.229. The molecule has 1 nitrogen and oxygen atoms in total. The van der Waals surface area contributed by atoms with Crippen molar-refractivity contribution in [2.24, 2.45) is 16.8 Å². The summed E-state index contributed by atoms with van der Waals surface area (Å²) in [6.45, 7) is 4.28. The molecule has 3 atom stereocenters. The Morgan fingerprint density at radius 2 is 1.38 bits per heavy atom. The van der Waals surface area contributed by atoms with Crippen LogP contribution in [-0.2, 0) is 0 Å². The molecule has 0 bridgehead atoms. The van der Waals surface area contributed by atoms with E-state index in [1.807, 2.05) is 36.0 Å². The molecule has 0 amide bonds. The van der Waals surface area contributed by atoms with E-state index in [9.17, 15) is 8.78 Å². The van der Waals surface area contributed by atoms with Crippen molar-refractivity contribution in [3.8, 4) is 0 Å². The highest BCUT2D eigenvalue weighted by molar-refractivity contribution is 8.18. The topological polar surface area (TPSA) is 12.4 Å². The Labute approximate surface area is 245 Å². The van der Waals surface area contributed by atoms with Gasteiger partial charge in [0.2, 0.25) is 0 Å². The summed E-state index contributed by atoms with van der Waals surface area (Å²) in [7, 11) is 0. The van der Waals surface area contributed by atoms with Crippen molar-refractivity contribution in [2.45, 2.75) is 84.8 Å². The molecule has 2 aliphatic rings. The highest BCUT2D eigenvalue weighted by Gasteiger charge is 2.33. The first kappa shape index (κ1) is 28.8. The second-order valence-corrected chi connectivity index (χ2v) is 15.1. The van der Waals surface area contributed by atoms with Gasteiger partial charge >= 0.3 is 0 Å². The smallest absolute Gasteiger partial charge is 0.123 e. The van der Waals surface area contributed by atoms with E-state index in [4.69, 9.17) is 4.99 Å². The van der Waals surface area contributed by atoms with E-state index < -0.39 is 0 Å². The van der Waals surface area contributed by atoms with Gasteiger partial charge in [-0.15, -0.1) is 35.3 Å². The second kappa shape index (κ2) is 13.7. The van der Waals surface area contributed by atoms with Gasteiger partial charge in [-0.2, -0.15) is 0 Å². The monoisotopic (exact) mass is 581 g/mol. The Hall–Kier alpha value is -1.76. The summed E-state index contributed by atoms with van der Waals surface area (Å²) in [6, 6.07) is 19.9. The van der Waals surface area contributed by atoms with Crippen LogP contribution in [0.5, 0.6) is 0 Å². The van der Waals surface area contributed by atoms with E-state index >= 15 is 0 Å². The molecule has 0 spiro atoms. The van der Waals surface area contributed by atoms with Crippen LogP contribution in [0.1, 0.15) is 62.5 Å². The molecule has 2 fully saturated rings. The Morgan fingerprint density at radius 1 is 0.769 bits per heavy atom. The average Bonchev–Trinajstić information content (AvgIpc) is 2.93. The van der Waals surface area contributed by atoms with Crippen LogP contribution in [0.3, 0.4) is 0 Å². The van der Waals surface area contributed by atoms with Crippen molar-refractivity contribution in [2.75, 3.05) is 0 Å². The molecule has 2 aliphatic carbocycles. The summed E-state index contributed by atoms with van der Waals surface area (Å²) >= 11 is 5.44. The number of benzene rings is 3. The molecule has 0 N–H and O–H groups in total. The first-order valence-corrected chi connectivity index (χ1v) is 16.7. The standard InChI is InChI=1S/C33H37F2NS3/c1-22-7-13-28(19-23(22)2)36-32(37-31-14-8-24-5-3-4-6-25(24)20-31)21-33(38-29-15-9-26(34)10-16-29)39-30-17-11-27(35)12-18-30/h7,9-13,15-19,24-25,31,33H,3-6,8,14,20-21H2,1-2H3. The zero-order valence-electron chi connectivity index (χ0n) is 22.7. The van der Waals surface area contributed by atoms with Crippen molar-refractivity contribution in [1.82, 2.24) is 0 Å². The molecule has 0 heterocycles. The number of fused-ring (bicyclic) bond motifs is 1. The molecule has 3 aromatic carbocycles. The number of thioether (sulfide) groups is 3. The van der Waals surface area contributed by atoms with Crippen molar-refractivity contribution in [1.29, 1.82) is 0 Å². The van der Waals surface area contributed by atoms with Crippen LogP contribution in [-0.4, -0.2) is 14.9 Å². The molecule has 206 valence electrons. The first-order valence-electron chi connectivity index (χ1n) is 14.1. The molecule has 0 aromatic heterocycles. The van der Waals surface area contributed by atoms with Gasteiger partial charge in [-0.1, -0.05) is 31.7 Å². The molecular formula is C33H37F2NS3. The van der Waals surface area contributed by atoms with Crippen molar-refractivity contribution < 1.29 is 8.78 Å². The molecule has 5 rings (SSSR count). The third-order valence-electron chi connectivity index (χ3n) is 8.04. The minimum absolute atomic E-state index is 0.115. The van der Waals surface area contributed by atoms with E-state index in [0.29, 0.717) is 5.25 Å². The quantitative estimate of drug-likeness (QED) is 0.114. The molecule has 39 heavy (non-hydrogen) atoms. The third-order valence-corrected chi connectivity index (χ3v) is 11.9. The van der Waals surface area contributed by atoms with E-state index in [-0.39, 0.29) is 16.2 Å². The van der Waals surface area contributed by atoms with Crippen molar-refractivity contribution in [3.63, 3.8) is 0 Å². The molecule has 2 saturated carbocycles. The Balaban J connectivity index is 1.40. The SMILES string of the molecule is Cc1ccc(N=C(CC(Sc2ccc(F)cc2)Sc2ccc(F)cc2)SC2CCC3CCCCC3C2)cc1C. The maximum atomic E-state index is 13.6. The van der Waals surface area contributed by atoms with Gasteiger partial charge in [0.25, 0.3) is 0 Å². The fraction of sp³-hybridized carbons (Fsp3) is 0.424. The van der Waals surface area contributed by atoms with Crippen LogP contribution in [0.4, 0.5) is 14.5 Å². The van der Waals surface area contributed by atoms with Crippen LogP contribution in [0.2, 0.25) is 0 Å². The Kier molecular flexibility index (Phi) is 10.1. The van der Waals surface area contributed by atoms with Gasteiger partial charge in [0.1, 0.15) is 11.6 Å². The highest BCUT2D eigenvalue weighted by Crippen LogP contribution is 2.46. The van der Waals surface area contributed by atoms with Gasteiger partial charge in [-0.3, -0.25) is 0 Å². The Morgan fingerprint density at radius 3 is 2.00 bits per heavy atom. The molecule has 3 aromatic rings. The van der Waals surface area contributed by atoms with Crippen LogP contribution in [0.25, 0.3) is 0 Å². The van der Waals surface area contributed by atoms with Gasteiger partial charge in [-0.25, -0.2) is 13.8 Å². The fourth-order valence-corrected chi connectivity index (χ4v) is 9.92. The van der Waals surface area contributed by atoms with Crippen LogP contribution >= 0.6 is 35.3 Å². The largest absolute Gasteiger partial charge is 0.247 e. The summed E-state index contributed by atoms with van der Waals surface area (Å²) in [5, 5.41) is 1.76. The second-order valence-electron chi connectivity index (χ2n) is 10.9.